The summed E-state index contributed by atoms with van der Waals surface area (Å²) in [6.07, 6.45) is 3.78. The predicted octanol–water partition coefficient (Wildman–Crippen LogP) is 4.63. The van der Waals surface area contributed by atoms with E-state index in [2.05, 4.69) is 15.9 Å². The minimum Gasteiger partial charge on any atom is -0.496 e. The molecule has 0 bridgehead atoms. The molecule has 3 aromatic rings. The van der Waals surface area contributed by atoms with Gasteiger partial charge in [-0.3, -0.25) is 14.4 Å². The molecule has 0 aliphatic carbocycles. The minimum absolute atomic E-state index is 0.231. The number of carbonyl (C=O) groups excluding carboxylic acids is 3. The number of carbonyl (C=O) groups is 3. The lowest BCUT2D eigenvalue weighted by molar-refractivity contribution is -0.123. The van der Waals surface area contributed by atoms with Crippen LogP contribution in [0, 0.1) is 11.8 Å². The Balaban J connectivity index is 1.34. The number of Topliss-reactive ketones (excluding diaryl/α,β-unsaturated/α-hetero) is 1. The molecule has 0 radical (unpaired) electrons. The lowest BCUT2D eigenvalue weighted by Crippen LogP contribution is -2.44. The molecular formula is C30H23BrN2O6. The Bertz CT molecular complexity index is 1590. The first-order chi connectivity index (χ1) is 19.0. The summed E-state index contributed by atoms with van der Waals surface area (Å²) in [5, 5.41) is 0. The maximum atomic E-state index is 14.1. The second kappa shape index (κ2) is 8.98. The average Bonchev–Trinajstić information content (AvgIpc) is 3.44. The van der Waals surface area contributed by atoms with Crippen LogP contribution < -0.4 is 19.1 Å². The largest absolute Gasteiger partial charge is 0.496 e. The van der Waals surface area contributed by atoms with Crippen LogP contribution in [0.1, 0.15) is 27.5 Å². The van der Waals surface area contributed by atoms with E-state index in [4.69, 9.17) is 14.2 Å². The molecule has 39 heavy (non-hydrogen) atoms. The highest BCUT2D eigenvalue weighted by atomic mass is 79.9. The van der Waals surface area contributed by atoms with Crippen LogP contribution >= 0.6 is 15.9 Å². The molecule has 4 atom stereocenters. The Labute approximate surface area is 232 Å². The summed E-state index contributed by atoms with van der Waals surface area (Å²) in [6.45, 7) is 0.825. The third-order valence-electron chi connectivity index (χ3n) is 7.95. The Morgan fingerprint density at radius 1 is 0.949 bits per heavy atom. The molecule has 2 saturated heterocycles. The highest BCUT2D eigenvalue weighted by Crippen LogP contribution is 2.54. The first-order valence-corrected chi connectivity index (χ1v) is 13.5. The van der Waals surface area contributed by atoms with Crippen molar-refractivity contribution >= 4 is 45.3 Å². The fourth-order valence-corrected chi connectivity index (χ4v) is 6.81. The predicted molar refractivity (Wildman–Crippen MR) is 146 cm³/mol. The van der Waals surface area contributed by atoms with Gasteiger partial charge in [-0.15, -0.1) is 0 Å². The van der Waals surface area contributed by atoms with Crippen molar-refractivity contribution in [1.29, 1.82) is 0 Å². The Morgan fingerprint density at radius 3 is 2.51 bits per heavy atom. The first-order valence-electron chi connectivity index (χ1n) is 12.7. The topological polar surface area (TPSA) is 85.4 Å². The van der Waals surface area contributed by atoms with Crippen molar-refractivity contribution in [2.45, 2.75) is 12.1 Å². The fourth-order valence-electron chi connectivity index (χ4n) is 6.27. The van der Waals surface area contributed by atoms with Gasteiger partial charge in [-0.1, -0.05) is 24.3 Å². The zero-order valence-electron chi connectivity index (χ0n) is 20.9. The number of nitrogens with zero attached hydrogens (tertiary/aromatic N) is 2. The highest BCUT2D eigenvalue weighted by Gasteiger charge is 2.64. The maximum Gasteiger partial charge on any atom is 0.240 e. The number of fused-ring (bicyclic) bond motifs is 6. The summed E-state index contributed by atoms with van der Waals surface area (Å²) in [7, 11) is 1.55. The number of hydrogen-bond acceptors (Lipinski definition) is 7. The molecule has 8 nitrogen and oxygen atoms in total. The summed E-state index contributed by atoms with van der Waals surface area (Å²) < 4.78 is 17.3. The van der Waals surface area contributed by atoms with Crippen LogP contribution in [-0.2, 0) is 9.59 Å². The Morgan fingerprint density at radius 2 is 1.72 bits per heavy atom. The number of imide groups is 1. The smallest absolute Gasteiger partial charge is 0.240 e. The second-order valence-electron chi connectivity index (χ2n) is 9.89. The number of halogens is 1. The van der Waals surface area contributed by atoms with Crippen molar-refractivity contribution in [1.82, 2.24) is 4.90 Å². The number of ether oxygens (including phenoxy) is 3. The van der Waals surface area contributed by atoms with E-state index >= 15 is 0 Å². The van der Waals surface area contributed by atoms with Gasteiger partial charge in [0.15, 0.2) is 17.3 Å². The summed E-state index contributed by atoms with van der Waals surface area (Å²) >= 11 is 3.47. The zero-order chi connectivity index (χ0) is 26.8. The van der Waals surface area contributed by atoms with Gasteiger partial charge in [-0.25, -0.2) is 4.90 Å². The molecular weight excluding hydrogens is 564 g/mol. The van der Waals surface area contributed by atoms with Crippen LogP contribution in [0.3, 0.4) is 0 Å². The molecule has 0 spiro atoms. The third-order valence-corrected chi connectivity index (χ3v) is 8.57. The molecule has 0 N–H and O–H groups in total. The van der Waals surface area contributed by atoms with E-state index in [1.165, 1.54) is 4.90 Å². The summed E-state index contributed by atoms with van der Waals surface area (Å²) in [6, 6.07) is 16.7. The van der Waals surface area contributed by atoms with Crippen molar-refractivity contribution in [2.24, 2.45) is 11.8 Å². The number of benzene rings is 3. The van der Waals surface area contributed by atoms with Crippen LogP contribution in [0.25, 0.3) is 6.08 Å². The highest BCUT2D eigenvalue weighted by molar-refractivity contribution is 9.10. The Kier molecular flexibility index (Phi) is 5.52. The number of methoxy groups -OCH3 is 1. The van der Waals surface area contributed by atoms with Crippen LogP contribution in [0.5, 0.6) is 17.2 Å². The van der Waals surface area contributed by atoms with Gasteiger partial charge >= 0.3 is 0 Å². The van der Waals surface area contributed by atoms with Gasteiger partial charge < -0.3 is 19.1 Å². The Hall–Kier alpha value is -4.11. The van der Waals surface area contributed by atoms with Crippen LogP contribution in [0.15, 0.2) is 71.3 Å². The minimum atomic E-state index is -0.861. The number of ketones is 1. The normalized spacial score (nSPS) is 24.4. The van der Waals surface area contributed by atoms with Crippen molar-refractivity contribution < 1.29 is 28.6 Å². The third kappa shape index (κ3) is 3.52. The number of amides is 2. The monoisotopic (exact) mass is 586 g/mol. The first kappa shape index (κ1) is 24.0. The lowest BCUT2D eigenvalue weighted by Gasteiger charge is -2.35. The summed E-state index contributed by atoms with van der Waals surface area (Å²) in [5.41, 5.74) is 2.73. The van der Waals surface area contributed by atoms with Gasteiger partial charge in [0.2, 0.25) is 11.8 Å². The van der Waals surface area contributed by atoms with E-state index in [0.717, 1.165) is 11.1 Å². The van der Waals surface area contributed by atoms with Crippen LogP contribution in [0.4, 0.5) is 5.69 Å². The van der Waals surface area contributed by atoms with E-state index in [-0.39, 0.29) is 11.7 Å². The molecule has 4 heterocycles. The van der Waals surface area contributed by atoms with E-state index in [1.807, 2.05) is 41.4 Å². The van der Waals surface area contributed by atoms with Gasteiger partial charge in [0, 0.05) is 17.8 Å². The van der Waals surface area contributed by atoms with Crippen LogP contribution in [0.2, 0.25) is 0 Å². The van der Waals surface area contributed by atoms with E-state index in [1.54, 1.807) is 43.5 Å². The molecule has 7 rings (SSSR count). The molecule has 0 saturated carbocycles. The van der Waals surface area contributed by atoms with Crippen molar-refractivity contribution in [3.8, 4) is 17.2 Å². The van der Waals surface area contributed by atoms with E-state index in [0.29, 0.717) is 46.2 Å². The van der Waals surface area contributed by atoms with Gasteiger partial charge in [0.25, 0.3) is 0 Å². The number of rotatable bonds is 4. The van der Waals surface area contributed by atoms with Crippen molar-refractivity contribution in [2.75, 3.05) is 25.2 Å². The quantitative estimate of drug-likeness (QED) is 0.325. The van der Waals surface area contributed by atoms with Gasteiger partial charge in [0.05, 0.1) is 35.1 Å². The molecule has 2 amide bonds. The zero-order valence-corrected chi connectivity index (χ0v) is 22.5. The second-order valence-corrected chi connectivity index (χ2v) is 10.7. The molecule has 0 unspecified atom stereocenters. The van der Waals surface area contributed by atoms with Gasteiger partial charge in [0.1, 0.15) is 25.0 Å². The molecule has 9 heteroatoms. The summed E-state index contributed by atoms with van der Waals surface area (Å²) in [5.74, 6) is -0.893. The van der Waals surface area contributed by atoms with E-state index in [9.17, 15) is 14.4 Å². The molecule has 0 aromatic heterocycles. The standard InChI is InChI=1S/C30H23BrN2O6/c1-37-21-8-6-17(14-20(21)31)28(34)27-25-24(26-19-5-3-2-4-16(19)10-11-32(26)27)29(35)33(30(25)36)18-7-9-22-23(15-18)39-13-12-38-22/h2-11,14-15,24-27H,12-13H2,1H3/t24-,25+,26+,27+/m0/s1. The number of hydrogen-bond donors (Lipinski definition) is 0. The fraction of sp³-hybridized carbons (Fsp3) is 0.233. The molecule has 2 fully saturated rings. The van der Waals surface area contributed by atoms with Gasteiger partial charge in [-0.05, 0) is 63.5 Å². The van der Waals surface area contributed by atoms with Gasteiger partial charge in [-0.2, -0.15) is 0 Å². The SMILES string of the molecule is COc1ccc(C(=O)[C@H]2[C@@H]3C(=O)N(c4ccc5c(c4)OCCO5)C(=O)[C@@H]3[C@H]3c4ccccc4C=CN32)cc1Br. The summed E-state index contributed by atoms with van der Waals surface area (Å²) in [4.78, 5) is 45.5. The number of anilines is 1. The van der Waals surface area contributed by atoms with Crippen LogP contribution in [-0.4, -0.2) is 48.9 Å². The molecule has 3 aromatic carbocycles. The molecule has 196 valence electrons. The molecule has 4 aliphatic rings. The average molecular weight is 587 g/mol. The van der Waals surface area contributed by atoms with Crippen molar-refractivity contribution in [3.63, 3.8) is 0 Å². The molecule has 4 aliphatic heterocycles. The lowest BCUT2D eigenvalue weighted by atomic mass is 9.83. The maximum absolute atomic E-state index is 14.1. The van der Waals surface area contributed by atoms with Crippen molar-refractivity contribution in [3.05, 3.63) is 88.0 Å². The van der Waals surface area contributed by atoms with E-state index < -0.39 is 29.8 Å².